The fourth-order valence-corrected chi connectivity index (χ4v) is 5.94. The number of aromatic nitrogens is 4. The summed E-state index contributed by atoms with van der Waals surface area (Å²) in [6, 6.07) is 21.6. The van der Waals surface area contributed by atoms with Crippen molar-refractivity contribution in [2.45, 2.75) is 51.2 Å². The van der Waals surface area contributed by atoms with E-state index in [9.17, 15) is 0 Å². The fraction of sp³-hybridized carbons (Fsp3) is 0.323. The summed E-state index contributed by atoms with van der Waals surface area (Å²) in [7, 11) is 0. The van der Waals surface area contributed by atoms with E-state index in [2.05, 4.69) is 69.0 Å². The number of aryl methyl sites for hydroxylation is 1. The molecule has 0 aliphatic heterocycles. The van der Waals surface area contributed by atoms with E-state index in [4.69, 9.17) is 15.7 Å². The Kier molecular flexibility index (Phi) is 6.93. The topological polar surface area (TPSA) is 72.9 Å². The second-order valence-corrected chi connectivity index (χ2v) is 10.0. The van der Waals surface area contributed by atoms with E-state index in [-0.39, 0.29) is 0 Å². The van der Waals surface area contributed by atoms with Crippen molar-refractivity contribution < 1.29 is 0 Å². The van der Waals surface area contributed by atoms with Gasteiger partial charge in [0.2, 0.25) is 0 Å². The summed E-state index contributed by atoms with van der Waals surface area (Å²) in [5.74, 6) is 0. The molecular weight excluding hydrogens is 456 g/mol. The van der Waals surface area contributed by atoms with Crippen molar-refractivity contribution in [1.82, 2.24) is 24.4 Å². The van der Waals surface area contributed by atoms with Crippen LogP contribution in [0.25, 0.3) is 21.8 Å². The maximum absolute atomic E-state index is 5.88. The molecule has 0 fully saturated rings. The molecule has 0 bridgehead atoms. The molecule has 6 nitrogen and oxygen atoms in total. The van der Waals surface area contributed by atoms with E-state index in [1.807, 2.05) is 24.7 Å². The SMILES string of the molecule is NCCCCN(Cc1nccc2c3ccccc3n(Cc3ccccn3)c12)[C@H]1CCCc2cccnc21. The van der Waals surface area contributed by atoms with Crippen molar-refractivity contribution in [3.8, 4) is 0 Å². The summed E-state index contributed by atoms with van der Waals surface area (Å²) in [5, 5.41) is 2.51. The summed E-state index contributed by atoms with van der Waals surface area (Å²) in [4.78, 5) is 17.1. The number of hydrogen-bond acceptors (Lipinski definition) is 5. The predicted molar refractivity (Wildman–Crippen MR) is 149 cm³/mol. The number of nitrogens with two attached hydrogens (primary N) is 1. The van der Waals surface area contributed by atoms with Crippen LogP contribution in [0.4, 0.5) is 0 Å². The van der Waals surface area contributed by atoms with Gasteiger partial charge in [-0.3, -0.25) is 19.9 Å². The van der Waals surface area contributed by atoms with Crippen molar-refractivity contribution >= 4 is 21.8 Å². The van der Waals surface area contributed by atoms with Crippen LogP contribution in [0.2, 0.25) is 0 Å². The summed E-state index contributed by atoms with van der Waals surface area (Å²) in [6.45, 7) is 3.20. The standard InChI is InChI=1S/C31H34N6/c32-16-4-6-20-36(29-14-7-9-23-10-8-18-35-30(23)29)22-27-31-26(15-19-34-27)25-12-1-2-13-28(25)37(31)21-24-11-3-5-17-33-24/h1-3,5,8,10-13,15,17-19,29H,4,6-7,9,14,16,20-22,32H2/t29-/m0/s1. The number of unbranched alkanes of at least 4 members (excludes halogenated alkanes) is 1. The molecule has 5 aromatic rings. The molecule has 37 heavy (non-hydrogen) atoms. The monoisotopic (exact) mass is 490 g/mol. The van der Waals surface area contributed by atoms with Crippen LogP contribution < -0.4 is 5.73 Å². The molecule has 0 saturated carbocycles. The fourth-order valence-electron chi connectivity index (χ4n) is 5.94. The van der Waals surface area contributed by atoms with Crippen molar-refractivity contribution in [1.29, 1.82) is 0 Å². The molecule has 4 aromatic heterocycles. The lowest BCUT2D eigenvalue weighted by Gasteiger charge is -2.35. The highest BCUT2D eigenvalue weighted by atomic mass is 15.2. The molecule has 0 spiro atoms. The first kappa shape index (κ1) is 23.8. The zero-order valence-electron chi connectivity index (χ0n) is 21.3. The van der Waals surface area contributed by atoms with Crippen LogP contribution >= 0.6 is 0 Å². The average Bonchev–Trinajstić information content (AvgIpc) is 3.27. The van der Waals surface area contributed by atoms with Gasteiger partial charge in [0.15, 0.2) is 0 Å². The minimum atomic E-state index is 0.299. The van der Waals surface area contributed by atoms with Crippen LogP contribution in [0.1, 0.15) is 54.4 Å². The van der Waals surface area contributed by atoms with Gasteiger partial charge in [-0.05, 0) is 81.1 Å². The Morgan fingerprint density at radius 3 is 2.65 bits per heavy atom. The molecule has 6 heteroatoms. The lowest BCUT2D eigenvalue weighted by atomic mass is 9.90. The summed E-state index contributed by atoms with van der Waals surface area (Å²) in [6.07, 6.45) is 11.3. The predicted octanol–water partition coefficient (Wildman–Crippen LogP) is 5.65. The number of rotatable bonds is 9. The lowest BCUT2D eigenvalue weighted by molar-refractivity contribution is 0.161. The molecule has 1 atom stereocenters. The van der Waals surface area contributed by atoms with Crippen LogP contribution in [0.5, 0.6) is 0 Å². The number of nitrogens with zero attached hydrogens (tertiary/aromatic N) is 5. The second kappa shape index (κ2) is 10.8. The molecule has 1 aliphatic carbocycles. The Balaban J connectivity index is 1.45. The number of benzene rings is 1. The Morgan fingerprint density at radius 1 is 0.865 bits per heavy atom. The first-order valence-electron chi connectivity index (χ1n) is 13.5. The number of hydrogen-bond donors (Lipinski definition) is 1. The Hall–Kier alpha value is -3.61. The van der Waals surface area contributed by atoms with Gasteiger partial charge in [-0.2, -0.15) is 0 Å². The van der Waals surface area contributed by atoms with E-state index in [1.165, 1.54) is 39.5 Å². The molecule has 188 valence electrons. The van der Waals surface area contributed by atoms with Crippen molar-refractivity contribution in [3.05, 3.63) is 102 Å². The zero-order valence-corrected chi connectivity index (χ0v) is 21.3. The molecule has 6 rings (SSSR count). The first-order chi connectivity index (χ1) is 18.3. The van der Waals surface area contributed by atoms with E-state index < -0.39 is 0 Å². The highest BCUT2D eigenvalue weighted by Gasteiger charge is 2.28. The molecule has 4 heterocycles. The summed E-state index contributed by atoms with van der Waals surface area (Å²) in [5.41, 5.74) is 13.1. The highest BCUT2D eigenvalue weighted by Crippen LogP contribution is 2.36. The second-order valence-electron chi connectivity index (χ2n) is 10.0. The third-order valence-corrected chi connectivity index (χ3v) is 7.66. The van der Waals surface area contributed by atoms with Gasteiger partial charge in [0.25, 0.3) is 0 Å². The van der Waals surface area contributed by atoms with Gasteiger partial charge < -0.3 is 10.3 Å². The van der Waals surface area contributed by atoms with Gasteiger partial charge in [0.05, 0.1) is 35.2 Å². The van der Waals surface area contributed by atoms with Crippen molar-refractivity contribution in [2.24, 2.45) is 5.73 Å². The van der Waals surface area contributed by atoms with Gasteiger partial charge in [-0.15, -0.1) is 0 Å². The Morgan fingerprint density at radius 2 is 1.76 bits per heavy atom. The summed E-state index contributed by atoms with van der Waals surface area (Å²) < 4.78 is 2.40. The van der Waals surface area contributed by atoms with E-state index in [0.29, 0.717) is 12.6 Å². The smallest absolute Gasteiger partial charge is 0.0787 e. The van der Waals surface area contributed by atoms with Crippen LogP contribution in [0.3, 0.4) is 0 Å². The maximum Gasteiger partial charge on any atom is 0.0787 e. The molecule has 1 aromatic carbocycles. The van der Waals surface area contributed by atoms with Crippen molar-refractivity contribution in [2.75, 3.05) is 13.1 Å². The van der Waals surface area contributed by atoms with Crippen LogP contribution in [0.15, 0.2) is 79.3 Å². The molecule has 0 radical (unpaired) electrons. The van der Waals surface area contributed by atoms with Gasteiger partial charge in [-0.25, -0.2) is 0 Å². The minimum absolute atomic E-state index is 0.299. The Bertz CT molecular complexity index is 1490. The normalized spacial score (nSPS) is 15.5. The summed E-state index contributed by atoms with van der Waals surface area (Å²) >= 11 is 0. The number of para-hydroxylation sites is 1. The van der Waals surface area contributed by atoms with Gasteiger partial charge in [0.1, 0.15) is 0 Å². The quantitative estimate of drug-likeness (QED) is 0.271. The van der Waals surface area contributed by atoms with Crippen LogP contribution in [0, 0.1) is 0 Å². The van der Waals surface area contributed by atoms with E-state index in [0.717, 1.165) is 56.7 Å². The largest absolute Gasteiger partial charge is 0.333 e. The van der Waals surface area contributed by atoms with E-state index >= 15 is 0 Å². The van der Waals surface area contributed by atoms with Crippen LogP contribution in [-0.2, 0) is 19.5 Å². The molecule has 1 aliphatic rings. The number of fused-ring (bicyclic) bond motifs is 4. The minimum Gasteiger partial charge on any atom is -0.333 e. The zero-order chi connectivity index (χ0) is 25.0. The van der Waals surface area contributed by atoms with Crippen molar-refractivity contribution in [3.63, 3.8) is 0 Å². The van der Waals surface area contributed by atoms with Crippen LogP contribution in [-0.4, -0.2) is 37.5 Å². The molecule has 2 N–H and O–H groups in total. The van der Waals surface area contributed by atoms with Gasteiger partial charge in [0, 0.05) is 41.4 Å². The highest BCUT2D eigenvalue weighted by molar-refractivity contribution is 6.08. The third kappa shape index (κ3) is 4.75. The van der Waals surface area contributed by atoms with Gasteiger partial charge >= 0.3 is 0 Å². The molecule has 0 unspecified atom stereocenters. The maximum atomic E-state index is 5.88. The Labute approximate surface area is 218 Å². The molecule has 0 saturated heterocycles. The number of pyridine rings is 3. The third-order valence-electron chi connectivity index (χ3n) is 7.66. The van der Waals surface area contributed by atoms with E-state index in [1.54, 1.807) is 0 Å². The first-order valence-corrected chi connectivity index (χ1v) is 13.5. The van der Waals surface area contributed by atoms with Gasteiger partial charge in [-0.1, -0.05) is 30.3 Å². The average molecular weight is 491 g/mol. The molecule has 0 amide bonds. The lowest BCUT2D eigenvalue weighted by Crippen LogP contribution is -2.33. The molecular formula is C31H34N6.